The van der Waals surface area contributed by atoms with Crippen LogP contribution < -0.4 is 5.73 Å². The van der Waals surface area contributed by atoms with Crippen molar-refractivity contribution in [3.63, 3.8) is 0 Å². The number of benzene rings is 1. The minimum Gasteiger partial charge on any atom is -0.396 e. The zero-order valence-electron chi connectivity index (χ0n) is 12.6. The highest BCUT2D eigenvalue weighted by molar-refractivity contribution is 5.28. The summed E-state index contributed by atoms with van der Waals surface area (Å²) in [6, 6.07) is 10.5. The van der Waals surface area contributed by atoms with E-state index in [9.17, 15) is 5.11 Å². The van der Waals surface area contributed by atoms with Gasteiger partial charge in [0.05, 0.1) is 6.10 Å². The molecule has 0 bridgehead atoms. The van der Waals surface area contributed by atoms with Crippen LogP contribution in [0.4, 0.5) is 0 Å². The topological polar surface area (TPSA) is 55.5 Å². The fourth-order valence-corrected chi connectivity index (χ4v) is 3.45. The Balaban J connectivity index is 2.39. The Morgan fingerprint density at radius 3 is 2.60 bits per heavy atom. The van der Waals surface area contributed by atoms with Gasteiger partial charge in [0.1, 0.15) is 0 Å². The van der Waals surface area contributed by atoms with Gasteiger partial charge in [-0.2, -0.15) is 0 Å². The lowest BCUT2D eigenvalue weighted by atomic mass is 9.63. The molecule has 2 rings (SSSR count). The molecule has 1 fully saturated rings. The molecule has 1 heterocycles. The molecule has 3 N–H and O–H groups in total. The van der Waals surface area contributed by atoms with Crippen LogP contribution in [0, 0.1) is 11.8 Å². The summed E-state index contributed by atoms with van der Waals surface area (Å²) in [6.45, 7) is 5.78. The molecule has 1 aromatic carbocycles. The van der Waals surface area contributed by atoms with Gasteiger partial charge in [0.2, 0.25) is 0 Å². The molecule has 1 aliphatic heterocycles. The zero-order valence-corrected chi connectivity index (χ0v) is 12.6. The summed E-state index contributed by atoms with van der Waals surface area (Å²) in [6.07, 6.45) is 2.12. The summed E-state index contributed by atoms with van der Waals surface area (Å²) in [7, 11) is 0. The van der Waals surface area contributed by atoms with Crippen molar-refractivity contribution in [1.82, 2.24) is 0 Å². The van der Waals surface area contributed by atoms with Crippen LogP contribution in [0.15, 0.2) is 30.3 Å². The van der Waals surface area contributed by atoms with Crippen molar-refractivity contribution >= 4 is 0 Å². The molecule has 1 aromatic rings. The van der Waals surface area contributed by atoms with Crippen LogP contribution in [0.1, 0.15) is 32.3 Å². The molecule has 1 aliphatic rings. The van der Waals surface area contributed by atoms with Gasteiger partial charge in [0, 0.05) is 24.5 Å². The van der Waals surface area contributed by atoms with Crippen molar-refractivity contribution in [2.24, 2.45) is 17.6 Å². The average molecular weight is 277 g/mol. The van der Waals surface area contributed by atoms with Crippen LogP contribution in [0.5, 0.6) is 0 Å². The van der Waals surface area contributed by atoms with E-state index in [1.807, 2.05) is 6.07 Å². The lowest BCUT2D eigenvalue weighted by Crippen LogP contribution is -2.49. The quantitative estimate of drug-likeness (QED) is 0.868. The lowest BCUT2D eigenvalue weighted by molar-refractivity contribution is -0.0643. The van der Waals surface area contributed by atoms with Crippen LogP contribution in [0.2, 0.25) is 0 Å². The van der Waals surface area contributed by atoms with Crippen LogP contribution >= 0.6 is 0 Å². The summed E-state index contributed by atoms with van der Waals surface area (Å²) in [5, 5.41) is 9.81. The van der Waals surface area contributed by atoms with Crippen LogP contribution in [-0.4, -0.2) is 31.0 Å². The van der Waals surface area contributed by atoms with Gasteiger partial charge >= 0.3 is 0 Å². The van der Waals surface area contributed by atoms with Crippen molar-refractivity contribution in [1.29, 1.82) is 0 Å². The summed E-state index contributed by atoms with van der Waals surface area (Å²) in [5.74, 6) is 0.575. The molecule has 0 unspecified atom stereocenters. The number of rotatable bonds is 5. The molecule has 0 saturated carbocycles. The van der Waals surface area contributed by atoms with Gasteiger partial charge in [-0.3, -0.25) is 0 Å². The van der Waals surface area contributed by atoms with E-state index < -0.39 is 0 Å². The van der Waals surface area contributed by atoms with E-state index >= 15 is 0 Å². The number of aliphatic hydroxyl groups excluding tert-OH is 1. The second kappa shape index (κ2) is 6.70. The fraction of sp³-hybridized carbons (Fsp3) is 0.647. The van der Waals surface area contributed by atoms with Crippen molar-refractivity contribution < 1.29 is 9.84 Å². The molecule has 112 valence electrons. The third-order valence-electron chi connectivity index (χ3n) is 4.82. The predicted molar refractivity (Wildman–Crippen MR) is 81.6 cm³/mol. The molecule has 3 nitrogen and oxygen atoms in total. The van der Waals surface area contributed by atoms with E-state index in [1.165, 1.54) is 5.56 Å². The standard InChI is InChI=1S/C17H27NO2/c1-13(2)16-10-17(8-9-20-16,15(11-18)12-19)14-6-4-3-5-7-14/h3-7,13,15-16,19H,8-12,18H2,1-2H3/t15-,16+,17+/m0/s1. The first-order valence-electron chi connectivity index (χ1n) is 7.62. The average Bonchev–Trinajstić information content (AvgIpc) is 2.49. The molecule has 0 radical (unpaired) electrons. The number of nitrogens with two attached hydrogens (primary N) is 1. The summed E-state index contributed by atoms with van der Waals surface area (Å²) in [5.41, 5.74) is 7.19. The third-order valence-corrected chi connectivity index (χ3v) is 4.82. The van der Waals surface area contributed by atoms with E-state index in [1.54, 1.807) is 0 Å². The predicted octanol–water partition coefficient (Wildman–Crippen LogP) is 2.33. The maximum absolute atomic E-state index is 9.81. The van der Waals surface area contributed by atoms with Crippen molar-refractivity contribution in [2.75, 3.05) is 19.8 Å². The Labute approximate surface area is 122 Å². The van der Waals surface area contributed by atoms with Gasteiger partial charge < -0.3 is 15.6 Å². The Hall–Kier alpha value is -0.900. The first kappa shape index (κ1) is 15.5. The fourth-order valence-electron chi connectivity index (χ4n) is 3.45. The van der Waals surface area contributed by atoms with E-state index in [0.717, 1.165) is 19.4 Å². The highest BCUT2D eigenvalue weighted by Gasteiger charge is 2.44. The number of ether oxygens (including phenoxy) is 1. The van der Waals surface area contributed by atoms with Crippen LogP contribution in [-0.2, 0) is 10.2 Å². The van der Waals surface area contributed by atoms with Crippen molar-refractivity contribution in [3.8, 4) is 0 Å². The molecule has 20 heavy (non-hydrogen) atoms. The minimum absolute atomic E-state index is 0.0576. The summed E-state index contributed by atoms with van der Waals surface area (Å²) < 4.78 is 5.93. The molecular weight excluding hydrogens is 250 g/mol. The van der Waals surface area contributed by atoms with Crippen molar-refractivity contribution in [3.05, 3.63) is 35.9 Å². The lowest BCUT2D eigenvalue weighted by Gasteiger charge is -2.47. The van der Waals surface area contributed by atoms with E-state index in [4.69, 9.17) is 10.5 Å². The molecule has 3 atom stereocenters. The Kier molecular flexibility index (Phi) is 5.19. The van der Waals surface area contributed by atoms with Crippen LogP contribution in [0.25, 0.3) is 0 Å². The maximum atomic E-state index is 9.81. The van der Waals surface area contributed by atoms with Gasteiger partial charge in [0.15, 0.2) is 0 Å². The highest BCUT2D eigenvalue weighted by Crippen LogP contribution is 2.44. The smallest absolute Gasteiger partial charge is 0.0606 e. The number of aliphatic hydroxyl groups is 1. The third kappa shape index (κ3) is 2.90. The van der Waals surface area contributed by atoms with E-state index in [-0.39, 0.29) is 24.0 Å². The monoisotopic (exact) mass is 277 g/mol. The molecular formula is C17H27NO2. The Morgan fingerprint density at radius 2 is 2.05 bits per heavy atom. The first-order chi connectivity index (χ1) is 9.64. The first-order valence-corrected chi connectivity index (χ1v) is 7.62. The van der Waals surface area contributed by atoms with Gasteiger partial charge in [-0.05, 0) is 30.9 Å². The zero-order chi connectivity index (χ0) is 14.6. The molecule has 3 heteroatoms. The molecule has 1 saturated heterocycles. The Morgan fingerprint density at radius 1 is 1.35 bits per heavy atom. The highest BCUT2D eigenvalue weighted by atomic mass is 16.5. The van der Waals surface area contributed by atoms with E-state index in [2.05, 4.69) is 38.1 Å². The molecule has 0 aliphatic carbocycles. The van der Waals surface area contributed by atoms with Gasteiger partial charge in [0.25, 0.3) is 0 Å². The SMILES string of the molecule is CC(C)[C@H]1C[C@](c2ccccc2)([C@@H](CN)CO)CCO1. The largest absolute Gasteiger partial charge is 0.396 e. The summed E-state index contributed by atoms with van der Waals surface area (Å²) >= 11 is 0. The number of hydrogen-bond donors (Lipinski definition) is 2. The Bertz CT molecular complexity index is 403. The molecule has 0 aromatic heterocycles. The van der Waals surface area contributed by atoms with Gasteiger partial charge in [-0.15, -0.1) is 0 Å². The van der Waals surface area contributed by atoms with E-state index in [0.29, 0.717) is 12.5 Å². The second-order valence-electron chi connectivity index (χ2n) is 6.24. The number of hydrogen-bond acceptors (Lipinski definition) is 3. The van der Waals surface area contributed by atoms with Crippen LogP contribution in [0.3, 0.4) is 0 Å². The normalized spacial score (nSPS) is 28.6. The van der Waals surface area contributed by atoms with Gasteiger partial charge in [-0.1, -0.05) is 44.2 Å². The summed E-state index contributed by atoms with van der Waals surface area (Å²) in [4.78, 5) is 0. The minimum atomic E-state index is -0.0576. The van der Waals surface area contributed by atoms with Gasteiger partial charge in [-0.25, -0.2) is 0 Å². The van der Waals surface area contributed by atoms with Crippen molar-refractivity contribution in [2.45, 2.75) is 38.2 Å². The second-order valence-corrected chi connectivity index (χ2v) is 6.24. The maximum Gasteiger partial charge on any atom is 0.0606 e. The molecule has 0 spiro atoms. The molecule has 0 amide bonds.